The number of halogens is 3. The largest absolute Gasteiger partial charge is 0.341 e. The van der Waals surface area contributed by atoms with E-state index in [1.54, 1.807) is 0 Å². The number of benzene rings is 1. The van der Waals surface area contributed by atoms with E-state index in [-0.39, 0.29) is 0 Å². The van der Waals surface area contributed by atoms with Crippen LogP contribution in [0.1, 0.15) is 5.82 Å². The van der Waals surface area contributed by atoms with E-state index < -0.39 is 0 Å². The number of hydrogen-bond donors (Lipinski definition) is 1. The van der Waals surface area contributed by atoms with Crippen LogP contribution in [0.4, 0.5) is 0 Å². The van der Waals surface area contributed by atoms with Crippen molar-refractivity contribution in [2.45, 2.75) is 5.33 Å². The maximum absolute atomic E-state index is 5.97. The second kappa shape index (κ2) is 3.74. The van der Waals surface area contributed by atoms with Crippen molar-refractivity contribution in [3.8, 4) is 0 Å². The molecule has 0 aliphatic heterocycles. The number of H-pyrrole nitrogens is 1. The van der Waals surface area contributed by atoms with Crippen LogP contribution in [0.25, 0.3) is 11.0 Å². The lowest BCUT2D eigenvalue weighted by molar-refractivity contribution is 1.15. The summed E-state index contributed by atoms with van der Waals surface area (Å²) in [4.78, 5) is 7.59. The molecule has 2 nitrogen and oxygen atoms in total. The number of alkyl halides is 1. The minimum atomic E-state index is 0.732. The molecular formula is C8H5BrClIN2. The highest BCUT2D eigenvalue weighted by Gasteiger charge is 2.07. The smallest absolute Gasteiger partial charge is 0.117 e. The lowest BCUT2D eigenvalue weighted by atomic mass is 10.3. The van der Waals surface area contributed by atoms with Crippen molar-refractivity contribution >= 4 is 61.2 Å². The molecule has 0 fully saturated rings. The summed E-state index contributed by atoms with van der Waals surface area (Å²) in [5.74, 6) is 0.926. The first-order chi connectivity index (χ1) is 6.22. The van der Waals surface area contributed by atoms with Crippen molar-refractivity contribution in [2.75, 3.05) is 0 Å². The van der Waals surface area contributed by atoms with Gasteiger partial charge in [-0.3, -0.25) is 0 Å². The Balaban J connectivity index is 2.76. The summed E-state index contributed by atoms with van der Waals surface area (Å²) in [6.07, 6.45) is 0. The Morgan fingerprint density at radius 3 is 3.00 bits per heavy atom. The van der Waals surface area contributed by atoms with E-state index in [4.69, 9.17) is 11.6 Å². The maximum Gasteiger partial charge on any atom is 0.117 e. The number of hydrogen-bond acceptors (Lipinski definition) is 1. The van der Waals surface area contributed by atoms with Crippen molar-refractivity contribution in [1.82, 2.24) is 9.97 Å². The van der Waals surface area contributed by atoms with Gasteiger partial charge in [0.25, 0.3) is 0 Å². The number of imidazole rings is 1. The van der Waals surface area contributed by atoms with Crippen LogP contribution in [0, 0.1) is 3.57 Å². The quantitative estimate of drug-likeness (QED) is 0.601. The van der Waals surface area contributed by atoms with Crippen LogP contribution in [0.3, 0.4) is 0 Å². The minimum absolute atomic E-state index is 0.732. The molecule has 0 bridgehead atoms. The third-order valence-electron chi connectivity index (χ3n) is 1.72. The molecule has 1 aromatic carbocycles. The molecule has 0 spiro atoms. The average Bonchev–Trinajstić information content (AvgIpc) is 2.55. The first-order valence-electron chi connectivity index (χ1n) is 3.61. The summed E-state index contributed by atoms with van der Waals surface area (Å²) in [5, 5.41) is 1.48. The molecule has 13 heavy (non-hydrogen) atoms. The summed E-state index contributed by atoms with van der Waals surface area (Å²) in [6.45, 7) is 0. The van der Waals surface area contributed by atoms with Crippen LogP contribution >= 0.6 is 50.1 Å². The zero-order chi connectivity index (χ0) is 9.42. The molecule has 0 saturated carbocycles. The summed E-state index contributed by atoms with van der Waals surface area (Å²) in [7, 11) is 0. The van der Waals surface area contributed by atoms with Crippen molar-refractivity contribution in [2.24, 2.45) is 0 Å². The van der Waals surface area contributed by atoms with E-state index in [1.807, 2.05) is 12.1 Å². The highest BCUT2D eigenvalue weighted by molar-refractivity contribution is 14.1. The molecule has 0 aliphatic carbocycles. The van der Waals surface area contributed by atoms with Gasteiger partial charge in [0.15, 0.2) is 0 Å². The standard InChI is InChI=1S/C8H5BrClIN2/c9-3-6-12-5-2-1-4(10)7(11)8(5)13-6/h1-2H,3H2,(H,12,13). The lowest BCUT2D eigenvalue weighted by Crippen LogP contribution is -1.78. The average molecular weight is 371 g/mol. The van der Waals surface area contributed by atoms with Crippen LogP contribution in [-0.2, 0) is 5.33 Å². The third kappa shape index (κ3) is 1.71. The van der Waals surface area contributed by atoms with Crippen LogP contribution < -0.4 is 0 Å². The van der Waals surface area contributed by atoms with Gasteiger partial charge >= 0.3 is 0 Å². The first-order valence-corrected chi connectivity index (χ1v) is 6.18. The van der Waals surface area contributed by atoms with Crippen molar-refractivity contribution in [1.29, 1.82) is 0 Å². The number of aromatic nitrogens is 2. The van der Waals surface area contributed by atoms with Gasteiger partial charge in [-0.2, -0.15) is 0 Å². The molecule has 2 aromatic rings. The second-order valence-corrected chi connectivity index (χ2v) is 4.62. The third-order valence-corrected chi connectivity index (χ3v) is 3.98. The van der Waals surface area contributed by atoms with Gasteiger partial charge in [0.05, 0.1) is 19.4 Å². The lowest BCUT2D eigenvalue weighted by Gasteiger charge is -1.94. The van der Waals surface area contributed by atoms with E-state index >= 15 is 0 Å². The van der Waals surface area contributed by atoms with Crippen molar-refractivity contribution in [3.63, 3.8) is 0 Å². The highest BCUT2D eigenvalue weighted by Crippen LogP contribution is 2.26. The fourth-order valence-corrected chi connectivity index (χ4v) is 2.14. The fourth-order valence-electron chi connectivity index (χ4n) is 1.13. The number of nitrogens with one attached hydrogen (secondary N) is 1. The van der Waals surface area contributed by atoms with Crippen LogP contribution in [0.15, 0.2) is 12.1 Å². The Kier molecular flexibility index (Phi) is 2.80. The predicted octanol–water partition coefficient (Wildman–Crippen LogP) is 3.72. The Morgan fingerprint density at radius 1 is 1.54 bits per heavy atom. The number of aromatic amines is 1. The molecule has 68 valence electrons. The predicted molar refractivity (Wildman–Crippen MR) is 66.5 cm³/mol. The van der Waals surface area contributed by atoms with Gasteiger partial charge in [0, 0.05) is 0 Å². The Morgan fingerprint density at radius 2 is 2.31 bits per heavy atom. The zero-order valence-corrected chi connectivity index (χ0v) is 10.9. The first kappa shape index (κ1) is 9.73. The highest BCUT2D eigenvalue weighted by atomic mass is 127. The van der Waals surface area contributed by atoms with Crippen molar-refractivity contribution < 1.29 is 0 Å². The van der Waals surface area contributed by atoms with Gasteiger partial charge in [-0.1, -0.05) is 27.5 Å². The second-order valence-electron chi connectivity index (χ2n) is 2.57. The number of fused-ring (bicyclic) bond motifs is 1. The van der Waals surface area contributed by atoms with Gasteiger partial charge in [-0.15, -0.1) is 0 Å². The molecule has 0 atom stereocenters. The summed E-state index contributed by atoms with van der Waals surface area (Å²) in [6, 6.07) is 3.82. The molecular weight excluding hydrogens is 366 g/mol. The molecule has 1 heterocycles. The van der Waals surface area contributed by atoms with Gasteiger partial charge in [-0.05, 0) is 34.7 Å². The monoisotopic (exact) mass is 370 g/mol. The van der Waals surface area contributed by atoms with Gasteiger partial charge in [0.1, 0.15) is 11.3 Å². The molecule has 0 saturated heterocycles. The molecule has 5 heteroatoms. The minimum Gasteiger partial charge on any atom is -0.341 e. The summed E-state index contributed by atoms with van der Waals surface area (Å²) >= 11 is 11.5. The molecule has 2 rings (SSSR count). The van der Waals surface area contributed by atoms with Crippen LogP contribution in [0.2, 0.25) is 5.02 Å². The van der Waals surface area contributed by atoms with E-state index in [0.717, 1.165) is 30.8 Å². The Hall–Kier alpha value is 0.190. The van der Waals surface area contributed by atoms with Gasteiger partial charge < -0.3 is 4.98 Å². The number of nitrogens with zero attached hydrogens (tertiary/aromatic N) is 1. The molecule has 1 aromatic heterocycles. The van der Waals surface area contributed by atoms with Gasteiger partial charge in [0.2, 0.25) is 0 Å². The van der Waals surface area contributed by atoms with Crippen molar-refractivity contribution in [3.05, 3.63) is 26.5 Å². The zero-order valence-electron chi connectivity index (χ0n) is 6.44. The molecule has 1 N–H and O–H groups in total. The Bertz CT molecular complexity index is 455. The van der Waals surface area contributed by atoms with E-state index in [0.29, 0.717) is 0 Å². The fraction of sp³-hybridized carbons (Fsp3) is 0.125. The summed E-state index contributed by atoms with van der Waals surface area (Å²) < 4.78 is 1.00. The normalized spacial score (nSPS) is 11.0. The number of rotatable bonds is 1. The molecule has 0 unspecified atom stereocenters. The van der Waals surface area contributed by atoms with Crippen LogP contribution in [-0.4, -0.2) is 9.97 Å². The summed E-state index contributed by atoms with van der Waals surface area (Å²) in [5.41, 5.74) is 1.98. The molecule has 0 aliphatic rings. The van der Waals surface area contributed by atoms with E-state index in [9.17, 15) is 0 Å². The molecule has 0 amide bonds. The van der Waals surface area contributed by atoms with E-state index in [1.165, 1.54) is 0 Å². The van der Waals surface area contributed by atoms with Crippen LogP contribution in [0.5, 0.6) is 0 Å². The van der Waals surface area contributed by atoms with E-state index in [2.05, 4.69) is 48.5 Å². The Labute approximate surface area is 102 Å². The molecule has 0 radical (unpaired) electrons. The topological polar surface area (TPSA) is 28.7 Å². The SMILES string of the molecule is Clc1ccc2[nH]c(CBr)nc2c1I. The maximum atomic E-state index is 5.97. The van der Waals surface area contributed by atoms with Gasteiger partial charge in [-0.25, -0.2) is 4.98 Å².